The van der Waals surface area contributed by atoms with Crippen molar-refractivity contribution in [1.82, 2.24) is 4.90 Å². The summed E-state index contributed by atoms with van der Waals surface area (Å²) in [4.78, 5) is 13.7. The van der Waals surface area contributed by atoms with Crippen molar-refractivity contribution < 1.29 is 9.90 Å². The second kappa shape index (κ2) is 5.28. The maximum absolute atomic E-state index is 11.2. The molecule has 0 aromatic carbocycles. The summed E-state index contributed by atoms with van der Waals surface area (Å²) in [7, 11) is 0. The topological polar surface area (TPSA) is 40.5 Å². The monoisotopic (exact) mass is 225 g/mol. The lowest BCUT2D eigenvalue weighted by Gasteiger charge is -2.39. The first kappa shape index (κ1) is 12.1. The molecule has 3 nitrogen and oxygen atoms in total. The zero-order valence-electron chi connectivity index (χ0n) is 10.2. The van der Waals surface area contributed by atoms with Gasteiger partial charge in [0.1, 0.15) is 5.78 Å². The number of aliphatic hydroxyl groups is 1. The molecule has 1 atom stereocenters. The highest BCUT2D eigenvalue weighted by molar-refractivity contribution is 5.79. The van der Waals surface area contributed by atoms with Crippen LogP contribution >= 0.6 is 0 Å². The Hall–Kier alpha value is -0.410. The first-order chi connectivity index (χ1) is 7.66. The second-order valence-corrected chi connectivity index (χ2v) is 5.38. The normalized spacial score (nSPS) is 28.2. The fourth-order valence-corrected chi connectivity index (χ4v) is 3.06. The van der Waals surface area contributed by atoms with Gasteiger partial charge in [0.2, 0.25) is 0 Å². The third kappa shape index (κ3) is 2.83. The maximum Gasteiger partial charge on any atom is 0.133 e. The molecule has 1 unspecified atom stereocenters. The van der Waals surface area contributed by atoms with Crippen LogP contribution in [0.15, 0.2) is 0 Å². The zero-order chi connectivity index (χ0) is 11.5. The average molecular weight is 225 g/mol. The fraction of sp³-hybridized carbons (Fsp3) is 0.923. The summed E-state index contributed by atoms with van der Waals surface area (Å²) >= 11 is 0. The van der Waals surface area contributed by atoms with Gasteiger partial charge < -0.3 is 10.0 Å². The number of hydrogen-bond donors (Lipinski definition) is 1. The first-order valence-electron chi connectivity index (χ1n) is 6.60. The lowest BCUT2D eigenvalue weighted by atomic mass is 9.88. The van der Waals surface area contributed by atoms with Gasteiger partial charge in [-0.25, -0.2) is 0 Å². The van der Waals surface area contributed by atoms with Crippen molar-refractivity contribution in [3.63, 3.8) is 0 Å². The van der Waals surface area contributed by atoms with Crippen molar-refractivity contribution in [2.75, 3.05) is 13.1 Å². The zero-order valence-corrected chi connectivity index (χ0v) is 10.2. The number of hydrogen-bond acceptors (Lipinski definition) is 3. The molecule has 1 heterocycles. The van der Waals surface area contributed by atoms with E-state index in [1.54, 1.807) is 0 Å². The van der Waals surface area contributed by atoms with E-state index >= 15 is 0 Å². The van der Waals surface area contributed by atoms with Crippen LogP contribution in [0.5, 0.6) is 0 Å². The third-order valence-electron chi connectivity index (χ3n) is 4.29. The molecule has 2 fully saturated rings. The predicted octanol–water partition coefficient (Wildman–Crippen LogP) is 1.59. The molecule has 0 bridgehead atoms. The Morgan fingerprint density at radius 1 is 1.19 bits per heavy atom. The molecule has 0 radical (unpaired) electrons. The Morgan fingerprint density at radius 3 is 2.25 bits per heavy atom. The van der Waals surface area contributed by atoms with Crippen LogP contribution < -0.4 is 0 Å². The minimum absolute atomic E-state index is 0.157. The molecule has 1 saturated heterocycles. The van der Waals surface area contributed by atoms with E-state index in [1.165, 1.54) is 0 Å². The van der Waals surface area contributed by atoms with Crippen LogP contribution in [0.3, 0.4) is 0 Å². The van der Waals surface area contributed by atoms with Crippen molar-refractivity contribution in [3.05, 3.63) is 0 Å². The molecule has 3 heteroatoms. The van der Waals surface area contributed by atoms with E-state index in [2.05, 4.69) is 4.90 Å². The van der Waals surface area contributed by atoms with E-state index in [1.807, 2.05) is 6.92 Å². The van der Waals surface area contributed by atoms with Gasteiger partial charge in [-0.3, -0.25) is 4.79 Å². The molecule has 0 aromatic rings. The number of piperidine rings is 1. The molecule has 1 aliphatic heterocycles. The molecule has 0 amide bonds. The Bertz CT molecular complexity index is 234. The van der Waals surface area contributed by atoms with Gasteiger partial charge in [0.15, 0.2) is 0 Å². The molecule has 2 rings (SSSR count). The maximum atomic E-state index is 11.2. The Kier molecular flexibility index (Phi) is 3.98. The van der Waals surface area contributed by atoms with Gasteiger partial charge in [0.05, 0.1) is 6.10 Å². The first-order valence-corrected chi connectivity index (χ1v) is 6.60. The summed E-state index contributed by atoms with van der Waals surface area (Å²) < 4.78 is 0. The molecule has 92 valence electrons. The summed E-state index contributed by atoms with van der Waals surface area (Å²) in [5.74, 6) is 0.927. The third-order valence-corrected chi connectivity index (χ3v) is 4.29. The van der Waals surface area contributed by atoms with Crippen molar-refractivity contribution >= 4 is 5.78 Å². The Balaban J connectivity index is 1.78. The lowest BCUT2D eigenvalue weighted by molar-refractivity contribution is -0.121. The SMILES string of the molecule is CC(O)C1CCN(C2CCC(=O)CC2)CC1. The van der Waals surface area contributed by atoms with Crippen LogP contribution in [0.1, 0.15) is 45.4 Å². The van der Waals surface area contributed by atoms with E-state index in [0.717, 1.165) is 51.6 Å². The van der Waals surface area contributed by atoms with Crippen LogP contribution in [0, 0.1) is 5.92 Å². The van der Waals surface area contributed by atoms with E-state index < -0.39 is 0 Å². The average Bonchev–Trinajstić information content (AvgIpc) is 2.30. The lowest BCUT2D eigenvalue weighted by Crippen LogP contribution is -2.44. The van der Waals surface area contributed by atoms with Crippen molar-refractivity contribution in [1.29, 1.82) is 0 Å². The largest absolute Gasteiger partial charge is 0.393 e. The number of Topliss-reactive ketones (excluding diaryl/α,β-unsaturated/α-hetero) is 1. The standard InChI is InChI=1S/C13H23NO2/c1-10(15)11-6-8-14(9-7-11)12-2-4-13(16)5-3-12/h10-12,15H,2-9H2,1H3. The summed E-state index contributed by atoms with van der Waals surface area (Å²) in [5, 5.41) is 9.55. The highest BCUT2D eigenvalue weighted by Gasteiger charge is 2.29. The van der Waals surface area contributed by atoms with E-state index in [4.69, 9.17) is 0 Å². The molecular weight excluding hydrogens is 202 g/mol. The van der Waals surface area contributed by atoms with Crippen LogP contribution in [-0.4, -0.2) is 41.0 Å². The van der Waals surface area contributed by atoms with Gasteiger partial charge in [-0.1, -0.05) is 0 Å². The highest BCUT2D eigenvalue weighted by Crippen LogP contribution is 2.27. The Labute approximate surface area is 97.8 Å². The number of carbonyl (C=O) groups is 1. The molecular formula is C13H23NO2. The smallest absolute Gasteiger partial charge is 0.133 e. The van der Waals surface area contributed by atoms with Crippen LogP contribution in [0.25, 0.3) is 0 Å². The van der Waals surface area contributed by atoms with E-state index in [-0.39, 0.29) is 6.10 Å². The molecule has 0 spiro atoms. The molecule has 1 saturated carbocycles. The quantitative estimate of drug-likeness (QED) is 0.776. The minimum atomic E-state index is -0.157. The summed E-state index contributed by atoms with van der Waals surface area (Å²) in [5.41, 5.74) is 0. The van der Waals surface area contributed by atoms with Gasteiger partial charge in [0, 0.05) is 18.9 Å². The van der Waals surface area contributed by atoms with Gasteiger partial charge in [0.25, 0.3) is 0 Å². The molecule has 1 N–H and O–H groups in total. The summed E-state index contributed by atoms with van der Waals surface area (Å²) in [6.07, 6.45) is 5.73. The number of nitrogens with zero attached hydrogens (tertiary/aromatic N) is 1. The predicted molar refractivity (Wildman–Crippen MR) is 63.2 cm³/mol. The summed E-state index contributed by atoms with van der Waals surface area (Å²) in [6.45, 7) is 4.11. The molecule has 0 aromatic heterocycles. The van der Waals surface area contributed by atoms with Gasteiger partial charge in [-0.15, -0.1) is 0 Å². The van der Waals surface area contributed by atoms with E-state index in [0.29, 0.717) is 17.7 Å². The van der Waals surface area contributed by atoms with Crippen molar-refractivity contribution in [2.24, 2.45) is 5.92 Å². The number of aliphatic hydroxyl groups excluding tert-OH is 1. The van der Waals surface area contributed by atoms with Gasteiger partial charge in [-0.2, -0.15) is 0 Å². The fourth-order valence-electron chi connectivity index (χ4n) is 3.06. The van der Waals surface area contributed by atoms with Crippen LogP contribution in [-0.2, 0) is 4.79 Å². The number of rotatable bonds is 2. The number of likely N-dealkylation sites (tertiary alicyclic amines) is 1. The molecule has 16 heavy (non-hydrogen) atoms. The van der Waals surface area contributed by atoms with Gasteiger partial charge in [-0.05, 0) is 51.6 Å². The van der Waals surface area contributed by atoms with Gasteiger partial charge >= 0.3 is 0 Å². The highest BCUT2D eigenvalue weighted by atomic mass is 16.3. The van der Waals surface area contributed by atoms with Crippen molar-refractivity contribution in [2.45, 2.75) is 57.6 Å². The molecule has 1 aliphatic carbocycles. The van der Waals surface area contributed by atoms with Crippen molar-refractivity contribution in [3.8, 4) is 0 Å². The van der Waals surface area contributed by atoms with E-state index in [9.17, 15) is 9.90 Å². The molecule has 2 aliphatic rings. The van der Waals surface area contributed by atoms with Crippen LogP contribution in [0.4, 0.5) is 0 Å². The summed E-state index contributed by atoms with van der Waals surface area (Å²) in [6, 6.07) is 0.632. The second-order valence-electron chi connectivity index (χ2n) is 5.38. The number of ketones is 1. The minimum Gasteiger partial charge on any atom is -0.393 e. The van der Waals surface area contributed by atoms with Crippen LogP contribution in [0.2, 0.25) is 0 Å². The number of carbonyl (C=O) groups excluding carboxylic acids is 1. The Morgan fingerprint density at radius 2 is 1.75 bits per heavy atom.